The van der Waals surface area contributed by atoms with Gasteiger partial charge in [0.05, 0.1) is 18.1 Å². The fraction of sp³-hybridized carbons (Fsp3) is 0.321. The molecule has 0 saturated carbocycles. The first-order valence-electron chi connectivity index (χ1n) is 12.2. The predicted molar refractivity (Wildman–Crippen MR) is 148 cm³/mol. The van der Waals surface area contributed by atoms with Gasteiger partial charge in [0, 0.05) is 28.4 Å². The number of nitrogens with one attached hydrogen (secondary N) is 2. The molecule has 9 heteroatoms. The van der Waals surface area contributed by atoms with Crippen LogP contribution in [0.3, 0.4) is 0 Å². The molecule has 4 rings (SSSR count). The van der Waals surface area contributed by atoms with E-state index in [9.17, 15) is 9.59 Å². The Hall–Kier alpha value is -3.13. The topological polar surface area (TPSA) is 106 Å². The highest BCUT2D eigenvalue weighted by Crippen LogP contribution is 2.37. The van der Waals surface area contributed by atoms with Gasteiger partial charge in [0.2, 0.25) is 5.91 Å². The van der Waals surface area contributed by atoms with Gasteiger partial charge in [-0.2, -0.15) is 0 Å². The second-order valence-corrected chi connectivity index (χ2v) is 9.99. The zero-order valence-electron chi connectivity index (χ0n) is 20.8. The number of hydrogen-bond donors (Lipinski definition) is 3. The fourth-order valence-electron chi connectivity index (χ4n) is 4.59. The van der Waals surface area contributed by atoms with Gasteiger partial charge in [-0.05, 0) is 79.8 Å². The number of rotatable bonds is 7. The maximum atomic E-state index is 13.4. The van der Waals surface area contributed by atoms with E-state index in [1.54, 1.807) is 37.5 Å². The molecule has 0 radical (unpaired) electrons. The number of carbonyl (C=O) groups is 2. The van der Waals surface area contributed by atoms with E-state index in [0.29, 0.717) is 58.8 Å². The molecule has 1 aliphatic carbocycles. The van der Waals surface area contributed by atoms with Crippen LogP contribution in [-0.4, -0.2) is 37.8 Å². The van der Waals surface area contributed by atoms with Crippen LogP contribution in [0.25, 0.3) is 0 Å². The summed E-state index contributed by atoms with van der Waals surface area (Å²) in [6, 6.07) is 12.5. The molecule has 2 amide bonds. The summed E-state index contributed by atoms with van der Waals surface area (Å²) >= 11 is 12.6. The van der Waals surface area contributed by atoms with Gasteiger partial charge >= 0.3 is 0 Å². The van der Waals surface area contributed by atoms with Gasteiger partial charge < -0.3 is 21.1 Å². The maximum absolute atomic E-state index is 13.4. The van der Waals surface area contributed by atoms with E-state index in [0.717, 1.165) is 23.1 Å². The SMILES string of the molecule is COc1ccc(C(=O)NC2=NCCc3ccc(NC(=O)C(CCN)C4=CC(Cl)=C(Cl)C(C)C4)cc32)cc1. The molecular formula is C28H30Cl2N4O3. The quantitative estimate of drug-likeness (QED) is 0.460. The lowest BCUT2D eigenvalue weighted by molar-refractivity contribution is -0.119. The lowest BCUT2D eigenvalue weighted by Crippen LogP contribution is -2.34. The summed E-state index contributed by atoms with van der Waals surface area (Å²) in [4.78, 5) is 30.7. The van der Waals surface area contributed by atoms with Crippen molar-refractivity contribution in [2.24, 2.45) is 22.6 Å². The summed E-state index contributed by atoms with van der Waals surface area (Å²) in [5, 5.41) is 7.01. The number of halogens is 2. The molecule has 1 aliphatic heterocycles. The Balaban J connectivity index is 1.52. The van der Waals surface area contributed by atoms with E-state index < -0.39 is 5.92 Å². The smallest absolute Gasteiger partial charge is 0.256 e. The standard InChI is InChI=1S/C28H30Cl2N4O3/c1-16-13-19(14-24(29)25(16)30)22(9-11-31)28(36)33-20-6-3-17-10-12-32-26(23(17)15-20)34-27(35)18-4-7-21(37-2)8-5-18/h3-8,14-16,22H,9-13,31H2,1-2H3,(H,33,36)(H,32,34,35). The minimum absolute atomic E-state index is 0.0408. The molecule has 0 aromatic heterocycles. The largest absolute Gasteiger partial charge is 0.497 e. The number of nitrogens with two attached hydrogens (primary N) is 1. The number of carbonyl (C=O) groups excluding carboxylic acids is 2. The molecule has 2 aliphatic rings. The molecule has 194 valence electrons. The molecule has 2 aromatic carbocycles. The van der Waals surface area contributed by atoms with Crippen molar-refractivity contribution in [2.75, 3.05) is 25.5 Å². The van der Waals surface area contributed by atoms with Crippen LogP contribution in [-0.2, 0) is 11.2 Å². The second-order valence-electron chi connectivity index (χ2n) is 9.17. The second kappa shape index (κ2) is 11.9. The minimum atomic E-state index is -0.426. The minimum Gasteiger partial charge on any atom is -0.497 e. The number of hydrogen-bond acceptors (Lipinski definition) is 5. The Morgan fingerprint density at radius 2 is 1.92 bits per heavy atom. The Labute approximate surface area is 226 Å². The first-order valence-corrected chi connectivity index (χ1v) is 13.0. The number of methoxy groups -OCH3 is 1. The van der Waals surface area contributed by atoms with Gasteiger partial charge in [0.1, 0.15) is 11.6 Å². The number of benzene rings is 2. The molecule has 37 heavy (non-hydrogen) atoms. The summed E-state index contributed by atoms with van der Waals surface area (Å²) in [5.41, 5.74) is 9.69. The number of allylic oxidation sites excluding steroid dienone is 3. The molecule has 2 aromatic rings. The molecule has 4 N–H and O–H groups in total. The van der Waals surface area contributed by atoms with E-state index in [4.69, 9.17) is 33.7 Å². The summed E-state index contributed by atoms with van der Waals surface area (Å²) in [7, 11) is 1.58. The molecule has 0 bridgehead atoms. The zero-order valence-corrected chi connectivity index (χ0v) is 22.3. The average molecular weight is 541 g/mol. The summed E-state index contributed by atoms with van der Waals surface area (Å²) in [6.07, 6.45) is 3.67. The van der Waals surface area contributed by atoms with Gasteiger partial charge in [-0.3, -0.25) is 14.6 Å². The molecule has 0 fully saturated rings. The van der Waals surface area contributed by atoms with E-state index in [1.165, 1.54) is 0 Å². The first-order chi connectivity index (χ1) is 17.8. The number of anilines is 1. The number of ether oxygens (including phenoxy) is 1. The lowest BCUT2D eigenvalue weighted by Gasteiger charge is -2.26. The van der Waals surface area contributed by atoms with Crippen molar-refractivity contribution in [1.82, 2.24) is 5.32 Å². The van der Waals surface area contributed by atoms with E-state index in [-0.39, 0.29) is 17.7 Å². The van der Waals surface area contributed by atoms with Crippen LogP contribution in [0.2, 0.25) is 0 Å². The zero-order chi connectivity index (χ0) is 26.5. The fourth-order valence-corrected chi connectivity index (χ4v) is 5.05. The molecule has 2 atom stereocenters. The Morgan fingerprint density at radius 1 is 1.16 bits per heavy atom. The molecule has 2 unspecified atom stereocenters. The third-order valence-corrected chi connectivity index (χ3v) is 7.59. The third-order valence-electron chi connectivity index (χ3n) is 6.60. The van der Waals surface area contributed by atoms with Gasteiger partial charge in [-0.15, -0.1) is 0 Å². The number of aliphatic imine (C=N–C) groups is 1. The molecule has 7 nitrogen and oxygen atoms in total. The van der Waals surface area contributed by atoms with Crippen molar-refractivity contribution >= 4 is 46.5 Å². The van der Waals surface area contributed by atoms with E-state index in [2.05, 4.69) is 15.6 Å². The lowest BCUT2D eigenvalue weighted by atomic mass is 9.84. The summed E-state index contributed by atoms with van der Waals surface area (Å²) < 4.78 is 5.16. The first kappa shape index (κ1) is 26.9. The van der Waals surface area contributed by atoms with Crippen LogP contribution in [0, 0.1) is 11.8 Å². The Bertz CT molecular complexity index is 1280. The predicted octanol–water partition coefficient (Wildman–Crippen LogP) is 4.99. The van der Waals surface area contributed by atoms with Crippen LogP contribution in [0.1, 0.15) is 41.3 Å². The highest BCUT2D eigenvalue weighted by molar-refractivity contribution is 6.40. The number of nitrogens with zero attached hydrogens (tertiary/aromatic N) is 1. The van der Waals surface area contributed by atoms with Crippen LogP contribution in [0.15, 0.2) is 69.2 Å². The van der Waals surface area contributed by atoms with Gasteiger partial charge in [0.25, 0.3) is 5.91 Å². The van der Waals surface area contributed by atoms with Gasteiger partial charge in [-0.1, -0.05) is 41.8 Å². The Kier molecular flexibility index (Phi) is 8.69. The van der Waals surface area contributed by atoms with Crippen molar-refractivity contribution in [2.45, 2.75) is 26.2 Å². The van der Waals surface area contributed by atoms with Crippen molar-refractivity contribution in [3.05, 3.63) is 80.9 Å². The molecule has 0 spiro atoms. The number of amidine groups is 1. The van der Waals surface area contributed by atoms with Crippen LogP contribution < -0.4 is 21.1 Å². The van der Waals surface area contributed by atoms with Crippen LogP contribution in [0.4, 0.5) is 5.69 Å². The molecule has 1 heterocycles. The molecule has 0 saturated heterocycles. The summed E-state index contributed by atoms with van der Waals surface area (Å²) in [5.74, 6) is 0.331. The van der Waals surface area contributed by atoms with E-state index in [1.807, 2.05) is 25.1 Å². The van der Waals surface area contributed by atoms with Crippen molar-refractivity contribution in [3.8, 4) is 5.75 Å². The Morgan fingerprint density at radius 3 is 2.59 bits per heavy atom. The normalized spacial score (nSPS) is 17.8. The summed E-state index contributed by atoms with van der Waals surface area (Å²) in [6.45, 7) is 2.91. The highest BCUT2D eigenvalue weighted by Gasteiger charge is 2.28. The van der Waals surface area contributed by atoms with Gasteiger partial charge in [-0.25, -0.2) is 0 Å². The van der Waals surface area contributed by atoms with Crippen LogP contribution >= 0.6 is 23.2 Å². The van der Waals surface area contributed by atoms with E-state index >= 15 is 0 Å². The number of amides is 2. The average Bonchev–Trinajstić information content (AvgIpc) is 2.90. The van der Waals surface area contributed by atoms with Crippen molar-refractivity contribution < 1.29 is 14.3 Å². The van der Waals surface area contributed by atoms with Crippen molar-refractivity contribution in [1.29, 1.82) is 0 Å². The third kappa shape index (κ3) is 6.24. The van der Waals surface area contributed by atoms with Crippen molar-refractivity contribution in [3.63, 3.8) is 0 Å². The monoisotopic (exact) mass is 540 g/mol. The number of fused-ring (bicyclic) bond motifs is 1. The van der Waals surface area contributed by atoms with Crippen LogP contribution in [0.5, 0.6) is 5.75 Å². The highest BCUT2D eigenvalue weighted by atomic mass is 35.5. The maximum Gasteiger partial charge on any atom is 0.256 e. The molecular weight excluding hydrogens is 511 g/mol. The van der Waals surface area contributed by atoms with Gasteiger partial charge in [0.15, 0.2) is 0 Å².